The lowest BCUT2D eigenvalue weighted by Gasteiger charge is -2.40. The molecule has 1 fully saturated rings. The number of carbonyl (C=O) groups excluding carboxylic acids is 2. The number of ether oxygens (including phenoxy) is 3. The van der Waals surface area contributed by atoms with Gasteiger partial charge in [-0.15, -0.1) is 0 Å². The Labute approximate surface area is 218 Å². The molecule has 0 unspecified atom stereocenters. The normalized spacial score (nSPS) is 29.7. The minimum absolute atomic E-state index is 0.0533. The molecule has 3 N–H and O–H groups in total. The summed E-state index contributed by atoms with van der Waals surface area (Å²) in [4.78, 5) is 26.3. The van der Waals surface area contributed by atoms with Crippen LogP contribution in [0.15, 0.2) is 42.5 Å². The van der Waals surface area contributed by atoms with Crippen LogP contribution in [0.2, 0.25) is 10.0 Å². The maximum Gasteiger partial charge on any atom is 0.412 e. The van der Waals surface area contributed by atoms with Gasteiger partial charge in [0.1, 0.15) is 18.3 Å². The van der Waals surface area contributed by atoms with E-state index in [1.54, 1.807) is 13.1 Å². The minimum atomic E-state index is -1.78. The van der Waals surface area contributed by atoms with E-state index in [1.165, 1.54) is 4.90 Å². The van der Waals surface area contributed by atoms with Gasteiger partial charge in [0.2, 0.25) is 6.29 Å². The van der Waals surface area contributed by atoms with Crippen molar-refractivity contribution in [1.82, 2.24) is 4.90 Å². The molecular formula is C25H27Cl2NO8. The molecule has 11 heteroatoms. The first-order valence-corrected chi connectivity index (χ1v) is 12.1. The Hall–Kier alpha value is -2.40. The summed E-state index contributed by atoms with van der Waals surface area (Å²) >= 11 is 12.3. The van der Waals surface area contributed by atoms with Crippen molar-refractivity contribution < 1.29 is 39.1 Å². The SMILES string of the molecule is COC(=O)[C@H]1O[C@@H](OC(=O)N(C)[C@H]2CC[C@@H](c3ccc(Cl)c(Cl)c3)c3ccccc32)[C@H](O)[C@@H](O)[C@@H]1O. The maximum atomic E-state index is 13.1. The second-order valence-electron chi connectivity index (χ2n) is 8.86. The van der Waals surface area contributed by atoms with Crippen LogP contribution in [0, 0.1) is 0 Å². The summed E-state index contributed by atoms with van der Waals surface area (Å²) in [7, 11) is 2.64. The smallest absolute Gasteiger partial charge is 0.412 e. The Morgan fingerprint density at radius 1 is 0.972 bits per heavy atom. The zero-order chi connectivity index (χ0) is 26.1. The van der Waals surface area contributed by atoms with E-state index in [0.29, 0.717) is 16.5 Å². The highest BCUT2D eigenvalue weighted by Gasteiger charge is 2.49. The first-order chi connectivity index (χ1) is 17.1. The van der Waals surface area contributed by atoms with Crippen molar-refractivity contribution in [2.75, 3.05) is 14.2 Å². The van der Waals surface area contributed by atoms with Crippen LogP contribution in [0.5, 0.6) is 0 Å². The molecule has 0 bridgehead atoms. The molecule has 194 valence electrons. The Balaban J connectivity index is 1.53. The molecule has 9 nitrogen and oxygen atoms in total. The molecule has 0 radical (unpaired) electrons. The third kappa shape index (κ3) is 5.04. The number of aliphatic hydroxyl groups excluding tert-OH is 3. The van der Waals surface area contributed by atoms with E-state index in [4.69, 9.17) is 32.7 Å². The molecular weight excluding hydrogens is 513 g/mol. The van der Waals surface area contributed by atoms with Gasteiger partial charge in [-0.1, -0.05) is 53.5 Å². The van der Waals surface area contributed by atoms with Gasteiger partial charge in [-0.05, 0) is 41.7 Å². The van der Waals surface area contributed by atoms with Gasteiger partial charge in [-0.2, -0.15) is 0 Å². The van der Waals surface area contributed by atoms with E-state index in [0.717, 1.165) is 30.2 Å². The number of methoxy groups -OCH3 is 1. The predicted octanol–water partition coefficient (Wildman–Crippen LogP) is 3.01. The molecule has 4 rings (SSSR count). The first kappa shape index (κ1) is 26.7. The number of rotatable bonds is 4. The molecule has 1 aliphatic carbocycles. The van der Waals surface area contributed by atoms with Crippen LogP contribution < -0.4 is 0 Å². The van der Waals surface area contributed by atoms with Crippen LogP contribution in [0.3, 0.4) is 0 Å². The maximum absolute atomic E-state index is 13.1. The Kier molecular flexibility index (Phi) is 8.09. The Morgan fingerprint density at radius 2 is 1.67 bits per heavy atom. The molecule has 2 aliphatic rings. The van der Waals surface area contributed by atoms with Gasteiger partial charge in [0.15, 0.2) is 6.10 Å². The fourth-order valence-corrected chi connectivity index (χ4v) is 5.12. The summed E-state index contributed by atoms with van der Waals surface area (Å²) in [5.41, 5.74) is 2.97. The summed E-state index contributed by atoms with van der Waals surface area (Å²) < 4.78 is 15.2. The van der Waals surface area contributed by atoms with Crippen molar-refractivity contribution in [3.63, 3.8) is 0 Å². The molecule has 1 amide bonds. The lowest BCUT2D eigenvalue weighted by Crippen LogP contribution is -2.61. The standard InChI is InChI=1S/C25H27Cl2NO8/c1-28(25(33)36-24-21(31)19(29)20(30)22(35-24)23(32)34-2)18-10-8-13(14-5-3-4-6-15(14)18)12-7-9-16(26)17(27)11-12/h3-7,9,11,13,18-22,24,29-31H,8,10H2,1-2H3/t13-,18-,19-,20-,21+,22-,24-/m0/s1. The topological polar surface area (TPSA) is 126 Å². The number of aliphatic hydroxyl groups is 3. The van der Waals surface area contributed by atoms with E-state index in [2.05, 4.69) is 4.74 Å². The fraction of sp³-hybridized carbons (Fsp3) is 0.440. The van der Waals surface area contributed by atoms with Crippen molar-refractivity contribution in [2.45, 2.75) is 55.5 Å². The average molecular weight is 540 g/mol. The molecule has 2 aromatic carbocycles. The second-order valence-corrected chi connectivity index (χ2v) is 9.68. The summed E-state index contributed by atoms with van der Waals surface area (Å²) in [6.07, 6.45) is -8.13. The molecule has 1 aliphatic heterocycles. The molecule has 2 aromatic rings. The quantitative estimate of drug-likeness (QED) is 0.506. The number of hydrogen-bond acceptors (Lipinski definition) is 8. The molecule has 36 heavy (non-hydrogen) atoms. The molecule has 0 aromatic heterocycles. The fourth-order valence-electron chi connectivity index (χ4n) is 4.81. The van der Waals surface area contributed by atoms with Gasteiger partial charge in [-0.25, -0.2) is 9.59 Å². The molecule has 0 spiro atoms. The van der Waals surface area contributed by atoms with Crippen molar-refractivity contribution >= 4 is 35.3 Å². The molecule has 7 atom stereocenters. The third-order valence-electron chi connectivity index (χ3n) is 6.78. The van der Waals surface area contributed by atoms with Gasteiger partial charge in [0.25, 0.3) is 0 Å². The first-order valence-electron chi connectivity index (χ1n) is 11.4. The third-order valence-corrected chi connectivity index (χ3v) is 7.52. The largest absolute Gasteiger partial charge is 0.467 e. The van der Waals surface area contributed by atoms with Crippen LogP contribution in [-0.2, 0) is 19.0 Å². The minimum Gasteiger partial charge on any atom is -0.467 e. The van der Waals surface area contributed by atoms with E-state index < -0.39 is 42.8 Å². The lowest BCUT2D eigenvalue weighted by molar-refractivity contribution is -0.280. The van der Waals surface area contributed by atoms with Gasteiger partial charge in [-0.3, -0.25) is 0 Å². The van der Waals surface area contributed by atoms with Crippen molar-refractivity contribution in [2.24, 2.45) is 0 Å². The number of hydrogen-bond donors (Lipinski definition) is 3. The summed E-state index contributed by atoms with van der Waals surface area (Å²) in [5, 5.41) is 31.4. The number of fused-ring (bicyclic) bond motifs is 1. The van der Waals surface area contributed by atoms with E-state index in [1.807, 2.05) is 36.4 Å². The Bertz CT molecular complexity index is 1130. The van der Waals surface area contributed by atoms with E-state index in [9.17, 15) is 24.9 Å². The summed E-state index contributed by atoms with van der Waals surface area (Å²) in [6.45, 7) is 0. The van der Waals surface area contributed by atoms with Crippen LogP contribution in [0.4, 0.5) is 4.79 Å². The molecule has 1 saturated heterocycles. The summed E-state index contributed by atoms with van der Waals surface area (Å²) in [6, 6.07) is 13.0. The average Bonchev–Trinajstić information content (AvgIpc) is 2.89. The highest BCUT2D eigenvalue weighted by molar-refractivity contribution is 6.42. The molecule has 1 heterocycles. The van der Waals surface area contributed by atoms with Crippen molar-refractivity contribution in [3.05, 3.63) is 69.2 Å². The monoisotopic (exact) mass is 539 g/mol. The zero-order valence-corrected chi connectivity index (χ0v) is 21.1. The van der Waals surface area contributed by atoms with Gasteiger partial charge in [0, 0.05) is 13.0 Å². The van der Waals surface area contributed by atoms with E-state index in [-0.39, 0.29) is 12.0 Å². The number of halogens is 2. The van der Waals surface area contributed by atoms with Crippen molar-refractivity contribution in [3.8, 4) is 0 Å². The van der Waals surface area contributed by atoms with E-state index >= 15 is 0 Å². The van der Waals surface area contributed by atoms with Crippen LogP contribution in [0.1, 0.15) is 41.5 Å². The number of carbonyl (C=O) groups is 2. The van der Waals surface area contributed by atoms with Crippen LogP contribution in [-0.4, -0.2) is 77.1 Å². The number of nitrogens with zero attached hydrogens (tertiary/aromatic N) is 1. The van der Waals surface area contributed by atoms with Crippen molar-refractivity contribution in [1.29, 1.82) is 0 Å². The zero-order valence-electron chi connectivity index (χ0n) is 19.6. The number of benzene rings is 2. The van der Waals surface area contributed by atoms with Gasteiger partial charge in [0.05, 0.1) is 23.2 Å². The highest BCUT2D eigenvalue weighted by Crippen LogP contribution is 2.44. The lowest BCUT2D eigenvalue weighted by atomic mass is 9.76. The summed E-state index contributed by atoms with van der Waals surface area (Å²) in [5.74, 6) is -0.921. The second kappa shape index (κ2) is 10.9. The Morgan fingerprint density at radius 3 is 2.33 bits per heavy atom. The van der Waals surface area contributed by atoms with Crippen LogP contribution in [0.25, 0.3) is 0 Å². The van der Waals surface area contributed by atoms with Crippen LogP contribution >= 0.6 is 23.2 Å². The van der Waals surface area contributed by atoms with Gasteiger partial charge >= 0.3 is 12.1 Å². The molecule has 0 saturated carbocycles. The predicted molar refractivity (Wildman–Crippen MR) is 130 cm³/mol. The number of amides is 1. The van der Waals surface area contributed by atoms with Gasteiger partial charge < -0.3 is 34.4 Å². The highest BCUT2D eigenvalue weighted by atomic mass is 35.5. The number of esters is 1.